The van der Waals surface area contributed by atoms with E-state index in [0.717, 1.165) is 38.8 Å². The number of likely N-dealkylation sites (tertiary alicyclic amines) is 1. The predicted octanol–water partition coefficient (Wildman–Crippen LogP) is 2.29. The number of aromatic amines is 1. The number of carbonyl (C=O) groups excluding carboxylic acids is 1. The van der Waals surface area contributed by atoms with Crippen LogP contribution in [-0.2, 0) is 17.8 Å². The predicted molar refractivity (Wildman–Crippen MR) is 98.3 cm³/mol. The third-order valence-electron chi connectivity index (χ3n) is 5.79. The van der Waals surface area contributed by atoms with Gasteiger partial charge in [-0.05, 0) is 31.9 Å². The van der Waals surface area contributed by atoms with Crippen LogP contribution in [0, 0.1) is 0 Å². The van der Waals surface area contributed by atoms with Crippen molar-refractivity contribution in [1.29, 1.82) is 0 Å². The van der Waals surface area contributed by atoms with Crippen molar-refractivity contribution in [3.05, 3.63) is 35.5 Å². The molecule has 5 nitrogen and oxygen atoms in total. The molecule has 0 bridgehead atoms. The molecular formula is C20H27N3O2. The topological polar surface area (TPSA) is 59.6 Å². The van der Waals surface area contributed by atoms with Crippen molar-refractivity contribution < 1.29 is 9.90 Å². The van der Waals surface area contributed by atoms with E-state index in [4.69, 9.17) is 0 Å². The highest BCUT2D eigenvalue weighted by Gasteiger charge is 2.28. The van der Waals surface area contributed by atoms with Gasteiger partial charge in [0.1, 0.15) is 0 Å². The molecule has 1 saturated heterocycles. The molecule has 1 atom stereocenters. The molecule has 2 N–H and O–H groups in total. The van der Waals surface area contributed by atoms with Crippen molar-refractivity contribution in [2.24, 2.45) is 0 Å². The van der Waals surface area contributed by atoms with E-state index < -0.39 is 0 Å². The number of benzene rings is 1. The van der Waals surface area contributed by atoms with Crippen LogP contribution in [0.25, 0.3) is 10.9 Å². The number of carbonyl (C=O) groups is 1. The van der Waals surface area contributed by atoms with E-state index in [0.29, 0.717) is 19.1 Å². The first-order chi connectivity index (χ1) is 12.3. The van der Waals surface area contributed by atoms with Crippen molar-refractivity contribution in [1.82, 2.24) is 14.8 Å². The molecular weight excluding hydrogens is 314 g/mol. The van der Waals surface area contributed by atoms with Gasteiger partial charge in [-0.1, -0.05) is 24.6 Å². The van der Waals surface area contributed by atoms with Gasteiger partial charge in [-0.25, -0.2) is 0 Å². The van der Waals surface area contributed by atoms with E-state index in [-0.39, 0.29) is 12.5 Å². The number of aromatic nitrogens is 1. The van der Waals surface area contributed by atoms with Gasteiger partial charge in [0.05, 0.1) is 6.54 Å². The summed E-state index contributed by atoms with van der Waals surface area (Å²) < 4.78 is 0. The van der Waals surface area contributed by atoms with Crippen LogP contribution < -0.4 is 0 Å². The van der Waals surface area contributed by atoms with Crippen LogP contribution in [0.4, 0.5) is 0 Å². The minimum absolute atomic E-state index is 0.206. The number of hydrogen-bond donors (Lipinski definition) is 2. The van der Waals surface area contributed by atoms with Crippen LogP contribution in [-0.4, -0.2) is 58.1 Å². The molecule has 3 heterocycles. The van der Waals surface area contributed by atoms with Crippen molar-refractivity contribution in [2.75, 3.05) is 26.2 Å². The van der Waals surface area contributed by atoms with Gasteiger partial charge < -0.3 is 15.0 Å². The van der Waals surface area contributed by atoms with E-state index >= 15 is 0 Å². The van der Waals surface area contributed by atoms with Crippen molar-refractivity contribution in [2.45, 2.75) is 44.7 Å². The highest BCUT2D eigenvalue weighted by molar-refractivity contribution is 5.86. The summed E-state index contributed by atoms with van der Waals surface area (Å²) in [5.74, 6) is 0.223. The highest BCUT2D eigenvalue weighted by Crippen LogP contribution is 2.28. The minimum Gasteiger partial charge on any atom is -0.396 e. The van der Waals surface area contributed by atoms with Crippen LogP contribution in [0.2, 0.25) is 0 Å². The molecule has 1 amide bonds. The normalized spacial score (nSPS) is 21.5. The second kappa shape index (κ2) is 7.18. The molecule has 0 radical (unpaired) electrons. The fraction of sp³-hybridized carbons (Fsp3) is 0.550. The van der Waals surface area contributed by atoms with E-state index in [1.165, 1.54) is 28.6 Å². The van der Waals surface area contributed by atoms with Gasteiger partial charge in [0.25, 0.3) is 0 Å². The number of piperidine rings is 1. The van der Waals surface area contributed by atoms with Crippen LogP contribution in [0.1, 0.15) is 36.9 Å². The molecule has 1 fully saturated rings. The van der Waals surface area contributed by atoms with Crippen LogP contribution >= 0.6 is 0 Å². The van der Waals surface area contributed by atoms with E-state index in [9.17, 15) is 9.90 Å². The maximum absolute atomic E-state index is 12.9. The van der Waals surface area contributed by atoms with Gasteiger partial charge in [0.15, 0.2) is 0 Å². The van der Waals surface area contributed by atoms with Crippen LogP contribution in [0.15, 0.2) is 24.3 Å². The summed E-state index contributed by atoms with van der Waals surface area (Å²) in [7, 11) is 0. The molecule has 0 aliphatic carbocycles. The van der Waals surface area contributed by atoms with Gasteiger partial charge in [-0.15, -0.1) is 0 Å². The maximum Gasteiger partial charge on any atom is 0.237 e. The Morgan fingerprint density at radius 2 is 2.12 bits per heavy atom. The van der Waals surface area contributed by atoms with Crippen LogP contribution in [0.5, 0.6) is 0 Å². The Hall–Kier alpha value is -1.85. The monoisotopic (exact) mass is 341 g/mol. The quantitative estimate of drug-likeness (QED) is 0.897. The second-order valence-electron chi connectivity index (χ2n) is 7.33. The van der Waals surface area contributed by atoms with E-state index in [2.05, 4.69) is 28.1 Å². The zero-order valence-corrected chi connectivity index (χ0v) is 14.7. The van der Waals surface area contributed by atoms with Crippen molar-refractivity contribution in [3.8, 4) is 0 Å². The van der Waals surface area contributed by atoms with Gasteiger partial charge in [-0.2, -0.15) is 0 Å². The molecule has 5 heteroatoms. The first kappa shape index (κ1) is 16.6. The van der Waals surface area contributed by atoms with Crippen molar-refractivity contribution in [3.63, 3.8) is 0 Å². The average molecular weight is 341 g/mol. The number of rotatable bonds is 4. The number of aliphatic hydroxyl groups excluding tert-OH is 1. The number of fused-ring (bicyclic) bond motifs is 3. The van der Waals surface area contributed by atoms with E-state index in [1.807, 2.05) is 11.0 Å². The third kappa shape index (κ3) is 3.31. The number of nitrogens with zero attached hydrogens (tertiary/aromatic N) is 2. The smallest absolute Gasteiger partial charge is 0.237 e. The zero-order valence-electron chi connectivity index (χ0n) is 14.7. The Morgan fingerprint density at radius 3 is 3.00 bits per heavy atom. The molecule has 134 valence electrons. The lowest BCUT2D eigenvalue weighted by Crippen LogP contribution is -2.48. The van der Waals surface area contributed by atoms with Crippen LogP contribution in [0.3, 0.4) is 0 Å². The minimum atomic E-state index is 0.206. The van der Waals surface area contributed by atoms with Crippen molar-refractivity contribution >= 4 is 16.8 Å². The molecule has 0 saturated carbocycles. The summed E-state index contributed by atoms with van der Waals surface area (Å²) in [6.45, 7) is 3.16. The lowest BCUT2D eigenvalue weighted by molar-refractivity contribution is -0.134. The highest BCUT2D eigenvalue weighted by atomic mass is 16.3. The number of nitrogens with one attached hydrogen (secondary N) is 1. The molecule has 2 aliphatic rings. The molecule has 4 rings (SSSR count). The number of H-pyrrole nitrogens is 1. The molecule has 25 heavy (non-hydrogen) atoms. The number of amides is 1. The maximum atomic E-state index is 12.9. The average Bonchev–Trinajstić information content (AvgIpc) is 3.01. The lowest BCUT2D eigenvalue weighted by Gasteiger charge is -2.37. The zero-order chi connectivity index (χ0) is 17.2. The molecule has 2 aliphatic heterocycles. The second-order valence-corrected chi connectivity index (χ2v) is 7.33. The fourth-order valence-electron chi connectivity index (χ4n) is 4.40. The Morgan fingerprint density at radius 1 is 1.24 bits per heavy atom. The molecule has 2 aromatic rings. The summed E-state index contributed by atoms with van der Waals surface area (Å²) >= 11 is 0. The largest absolute Gasteiger partial charge is 0.396 e. The Bertz CT molecular complexity index is 752. The SMILES string of the molecule is O=C(CN1CCCCC1CCO)N1CCc2[nH]c3ccccc3c2C1. The first-order valence-electron chi connectivity index (χ1n) is 9.47. The fourth-order valence-corrected chi connectivity index (χ4v) is 4.40. The third-order valence-corrected chi connectivity index (χ3v) is 5.79. The number of para-hydroxylation sites is 1. The summed E-state index contributed by atoms with van der Waals surface area (Å²) in [4.78, 5) is 20.7. The number of hydrogen-bond acceptors (Lipinski definition) is 3. The number of aliphatic hydroxyl groups is 1. The Kier molecular flexibility index (Phi) is 4.77. The molecule has 1 aromatic carbocycles. The molecule has 0 spiro atoms. The summed E-state index contributed by atoms with van der Waals surface area (Å²) in [5, 5.41) is 10.5. The molecule has 1 unspecified atom stereocenters. The first-order valence-corrected chi connectivity index (χ1v) is 9.47. The standard InChI is InChI=1S/C20H27N3O2/c24-12-9-15-5-3-4-10-22(15)14-20(25)23-11-8-19-17(13-23)16-6-1-2-7-18(16)21-19/h1-2,6-7,15,21,24H,3-5,8-14H2. The van der Waals surface area contributed by atoms with E-state index in [1.54, 1.807) is 0 Å². The summed E-state index contributed by atoms with van der Waals surface area (Å²) in [6, 6.07) is 8.71. The summed E-state index contributed by atoms with van der Waals surface area (Å²) in [5.41, 5.74) is 3.72. The summed E-state index contributed by atoms with van der Waals surface area (Å²) in [6.07, 6.45) is 5.13. The lowest BCUT2D eigenvalue weighted by atomic mass is 9.99. The molecule has 1 aromatic heterocycles. The van der Waals surface area contributed by atoms with Gasteiger partial charge >= 0.3 is 0 Å². The Labute approximate surface area is 148 Å². The van der Waals surface area contributed by atoms with Gasteiger partial charge in [-0.3, -0.25) is 9.69 Å². The van der Waals surface area contributed by atoms with Gasteiger partial charge in [0.2, 0.25) is 5.91 Å². The van der Waals surface area contributed by atoms with Gasteiger partial charge in [0, 0.05) is 54.3 Å². The Balaban J connectivity index is 1.46.